The summed E-state index contributed by atoms with van der Waals surface area (Å²) in [7, 11) is 0. The zero-order chi connectivity index (χ0) is 15.6. The van der Waals surface area contributed by atoms with E-state index in [0.717, 1.165) is 0 Å². The average Bonchev–Trinajstić information content (AvgIpc) is 2.85. The molecule has 4 rings (SSSR count). The van der Waals surface area contributed by atoms with Crippen LogP contribution in [-0.4, -0.2) is 4.75 Å². The standard InChI is InChI=1S/C20H22OS/c1-18(2)19(3,4)22-20(18)16-13-9-8-12-15(16)17(21-20)14-10-6-5-7-11-14/h5-13,17H,1-4H3. The molecule has 0 aromatic heterocycles. The Morgan fingerprint density at radius 1 is 0.864 bits per heavy atom. The average molecular weight is 310 g/mol. The van der Waals surface area contributed by atoms with Crippen molar-refractivity contribution in [2.24, 2.45) is 5.41 Å². The van der Waals surface area contributed by atoms with Gasteiger partial charge in [0, 0.05) is 15.7 Å². The molecule has 2 unspecified atom stereocenters. The Balaban J connectivity index is 1.86. The molecule has 0 radical (unpaired) electrons. The van der Waals surface area contributed by atoms with Crippen LogP contribution < -0.4 is 0 Å². The third-order valence-electron chi connectivity index (χ3n) is 5.71. The molecule has 2 aliphatic heterocycles. The minimum atomic E-state index is -0.229. The van der Waals surface area contributed by atoms with Crippen LogP contribution in [0.4, 0.5) is 0 Å². The van der Waals surface area contributed by atoms with Gasteiger partial charge in [0.1, 0.15) is 11.0 Å². The molecule has 2 aliphatic rings. The van der Waals surface area contributed by atoms with Gasteiger partial charge in [-0.2, -0.15) is 0 Å². The van der Waals surface area contributed by atoms with E-state index in [1.54, 1.807) is 0 Å². The third kappa shape index (κ3) is 1.60. The van der Waals surface area contributed by atoms with Gasteiger partial charge in [-0.15, -0.1) is 11.8 Å². The van der Waals surface area contributed by atoms with Crippen molar-refractivity contribution >= 4 is 11.8 Å². The van der Waals surface area contributed by atoms with E-state index in [1.807, 2.05) is 11.8 Å². The van der Waals surface area contributed by atoms with Crippen LogP contribution in [0.3, 0.4) is 0 Å². The highest BCUT2D eigenvalue weighted by Gasteiger charge is 2.70. The van der Waals surface area contributed by atoms with Crippen molar-refractivity contribution in [2.45, 2.75) is 43.5 Å². The summed E-state index contributed by atoms with van der Waals surface area (Å²) in [5.74, 6) is 0. The van der Waals surface area contributed by atoms with Crippen LogP contribution in [0.2, 0.25) is 0 Å². The topological polar surface area (TPSA) is 9.23 Å². The highest BCUT2D eigenvalue weighted by Crippen LogP contribution is 2.76. The van der Waals surface area contributed by atoms with Crippen LogP contribution in [-0.2, 0) is 9.67 Å². The van der Waals surface area contributed by atoms with Crippen LogP contribution in [0, 0.1) is 5.41 Å². The van der Waals surface area contributed by atoms with Gasteiger partial charge in [-0.25, -0.2) is 0 Å². The van der Waals surface area contributed by atoms with Crippen molar-refractivity contribution in [3.05, 3.63) is 71.3 Å². The summed E-state index contributed by atoms with van der Waals surface area (Å²) in [5, 5.41) is 0. The van der Waals surface area contributed by atoms with Crippen molar-refractivity contribution < 1.29 is 4.74 Å². The van der Waals surface area contributed by atoms with E-state index in [2.05, 4.69) is 82.3 Å². The minimum Gasteiger partial charge on any atom is -0.347 e. The lowest BCUT2D eigenvalue weighted by molar-refractivity contribution is -0.103. The Morgan fingerprint density at radius 2 is 1.50 bits per heavy atom. The zero-order valence-electron chi connectivity index (χ0n) is 13.6. The Morgan fingerprint density at radius 3 is 2.14 bits per heavy atom. The van der Waals surface area contributed by atoms with Crippen molar-refractivity contribution in [3.8, 4) is 0 Å². The second-order valence-electron chi connectivity index (χ2n) is 7.35. The maximum Gasteiger partial charge on any atom is 0.147 e. The van der Waals surface area contributed by atoms with Crippen LogP contribution in [0.25, 0.3) is 0 Å². The van der Waals surface area contributed by atoms with Gasteiger partial charge >= 0.3 is 0 Å². The van der Waals surface area contributed by atoms with Gasteiger partial charge in [0.2, 0.25) is 0 Å². The van der Waals surface area contributed by atoms with Gasteiger partial charge in [0.05, 0.1) is 0 Å². The zero-order valence-corrected chi connectivity index (χ0v) is 14.4. The molecule has 2 aromatic rings. The summed E-state index contributed by atoms with van der Waals surface area (Å²) in [6.45, 7) is 9.33. The molecule has 2 atom stereocenters. The van der Waals surface area contributed by atoms with Crippen molar-refractivity contribution in [3.63, 3.8) is 0 Å². The maximum absolute atomic E-state index is 6.76. The minimum absolute atomic E-state index is 0.0419. The second-order valence-corrected chi connectivity index (χ2v) is 9.15. The molecular formula is C20H22OS. The van der Waals surface area contributed by atoms with E-state index in [4.69, 9.17) is 4.74 Å². The molecule has 2 aromatic carbocycles. The Labute approximate surface area is 137 Å². The molecule has 2 heterocycles. The van der Waals surface area contributed by atoms with Crippen LogP contribution in [0.1, 0.15) is 50.5 Å². The second kappa shape index (κ2) is 4.39. The maximum atomic E-state index is 6.76. The molecule has 1 spiro atoms. The smallest absolute Gasteiger partial charge is 0.147 e. The predicted molar refractivity (Wildman–Crippen MR) is 92.9 cm³/mol. The first-order chi connectivity index (χ1) is 10.4. The number of thioether (sulfide) groups is 1. The van der Waals surface area contributed by atoms with Gasteiger partial charge < -0.3 is 4.74 Å². The summed E-state index contributed by atoms with van der Waals surface area (Å²) in [5.41, 5.74) is 4.01. The van der Waals surface area contributed by atoms with Crippen LogP contribution in [0.15, 0.2) is 54.6 Å². The molecule has 0 aliphatic carbocycles. The number of hydrogen-bond donors (Lipinski definition) is 0. The number of benzene rings is 2. The summed E-state index contributed by atoms with van der Waals surface area (Å²) >= 11 is 1.97. The fraction of sp³-hybridized carbons (Fsp3) is 0.400. The monoisotopic (exact) mass is 310 g/mol. The molecule has 22 heavy (non-hydrogen) atoms. The quantitative estimate of drug-likeness (QED) is 0.687. The first-order valence-corrected chi connectivity index (χ1v) is 8.73. The van der Waals surface area contributed by atoms with Crippen molar-refractivity contribution in [1.29, 1.82) is 0 Å². The number of rotatable bonds is 1. The van der Waals surface area contributed by atoms with Gasteiger partial charge in [-0.3, -0.25) is 0 Å². The number of ether oxygens (including phenoxy) is 1. The number of fused-ring (bicyclic) bond motifs is 2. The Kier molecular flexibility index (Phi) is 2.87. The lowest BCUT2D eigenvalue weighted by atomic mass is 9.71. The summed E-state index contributed by atoms with van der Waals surface area (Å²) < 4.78 is 6.97. The molecule has 0 bridgehead atoms. The molecule has 1 nitrogen and oxygen atoms in total. The highest BCUT2D eigenvalue weighted by molar-refractivity contribution is 8.03. The number of hydrogen-bond acceptors (Lipinski definition) is 2. The molecule has 0 amide bonds. The summed E-state index contributed by atoms with van der Waals surface area (Å²) in [4.78, 5) is -0.229. The molecule has 1 fully saturated rings. The molecule has 0 N–H and O–H groups in total. The normalized spacial score (nSPS) is 30.8. The van der Waals surface area contributed by atoms with Gasteiger partial charge in [0.15, 0.2) is 0 Å². The molecular weight excluding hydrogens is 288 g/mol. The van der Waals surface area contributed by atoms with Crippen molar-refractivity contribution in [1.82, 2.24) is 0 Å². The van der Waals surface area contributed by atoms with Crippen molar-refractivity contribution in [2.75, 3.05) is 0 Å². The predicted octanol–water partition coefficient (Wildman–Crippen LogP) is 5.51. The van der Waals surface area contributed by atoms with Gasteiger partial charge in [0.25, 0.3) is 0 Å². The van der Waals surface area contributed by atoms with E-state index in [1.165, 1.54) is 16.7 Å². The first-order valence-electron chi connectivity index (χ1n) is 7.91. The molecule has 114 valence electrons. The molecule has 1 saturated heterocycles. The lowest BCUT2D eigenvalue weighted by Crippen LogP contribution is -2.62. The fourth-order valence-electron chi connectivity index (χ4n) is 3.72. The SMILES string of the molecule is CC1(C)SC2(OC(c3ccccc3)c3ccccc32)C1(C)C. The van der Waals surface area contributed by atoms with Gasteiger partial charge in [-0.05, 0) is 25.0 Å². The van der Waals surface area contributed by atoms with E-state index < -0.39 is 0 Å². The Hall–Kier alpha value is -1.25. The largest absolute Gasteiger partial charge is 0.347 e. The summed E-state index contributed by atoms with van der Waals surface area (Å²) in [6, 6.07) is 19.3. The first kappa shape index (κ1) is 14.3. The van der Waals surface area contributed by atoms with Crippen LogP contribution in [0.5, 0.6) is 0 Å². The van der Waals surface area contributed by atoms with E-state index in [-0.39, 0.29) is 21.2 Å². The fourth-order valence-corrected chi connectivity index (χ4v) is 5.64. The molecule has 2 heteroatoms. The lowest BCUT2D eigenvalue weighted by Gasteiger charge is -2.64. The Bertz CT molecular complexity index is 719. The van der Waals surface area contributed by atoms with E-state index in [9.17, 15) is 0 Å². The van der Waals surface area contributed by atoms with E-state index in [0.29, 0.717) is 0 Å². The van der Waals surface area contributed by atoms with E-state index >= 15 is 0 Å². The van der Waals surface area contributed by atoms with Gasteiger partial charge in [-0.1, -0.05) is 68.4 Å². The highest BCUT2D eigenvalue weighted by atomic mass is 32.2. The summed E-state index contributed by atoms with van der Waals surface area (Å²) in [6.07, 6.45) is 0.0419. The molecule has 0 saturated carbocycles. The third-order valence-corrected chi connectivity index (χ3v) is 7.85. The van der Waals surface area contributed by atoms with Crippen LogP contribution >= 0.6 is 11.8 Å².